The SMILES string of the molecule is CCN(CC)CC/C(=N\OC(=O)CN(CC)CC)C(=O)c1ccc(N(c2ccccc2)c2ccc(C(=O)C(C)(C)N3CCOCC3)cc2)cc1. The summed E-state index contributed by atoms with van der Waals surface area (Å²) in [4.78, 5) is 53.6. The highest BCUT2D eigenvalue weighted by atomic mass is 16.7. The Morgan fingerprint density at radius 2 is 1.26 bits per heavy atom. The Hall–Kier alpha value is -4.22. The third kappa shape index (κ3) is 9.94. The Bertz CT molecular complexity index is 1560. The Morgan fingerprint density at radius 3 is 1.80 bits per heavy atom. The fourth-order valence-corrected chi connectivity index (χ4v) is 6.10. The highest BCUT2D eigenvalue weighted by Gasteiger charge is 2.36. The molecular formula is C40H53N5O5. The fourth-order valence-electron chi connectivity index (χ4n) is 6.10. The van der Waals surface area contributed by atoms with Gasteiger partial charge in [-0.25, -0.2) is 4.79 Å². The third-order valence-corrected chi connectivity index (χ3v) is 9.47. The van der Waals surface area contributed by atoms with Crippen molar-refractivity contribution < 1.29 is 24.0 Å². The molecule has 0 aromatic heterocycles. The van der Waals surface area contributed by atoms with E-state index < -0.39 is 11.5 Å². The van der Waals surface area contributed by atoms with Crippen LogP contribution in [0.25, 0.3) is 0 Å². The molecule has 0 atom stereocenters. The Balaban J connectivity index is 1.59. The van der Waals surface area contributed by atoms with E-state index in [9.17, 15) is 14.4 Å². The van der Waals surface area contributed by atoms with Gasteiger partial charge in [-0.05, 0) is 101 Å². The van der Waals surface area contributed by atoms with Crippen molar-refractivity contribution in [2.45, 2.75) is 53.5 Å². The zero-order chi connectivity index (χ0) is 36.1. The van der Waals surface area contributed by atoms with E-state index in [4.69, 9.17) is 9.57 Å². The molecule has 3 aromatic rings. The second kappa shape index (κ2) is 18.7. The van der Waals surface area contributed by atoms with Crippen molar-refractivity contribution in [2.75, 3.05) is 70.5 Å². The lowest BCUT2D eigenvalue weighted by Gasteiger charge is -2.39. The number of morpholine rings is 1. The van der Waals surface area contributed by atoms with Crippen LogP contribution in [0.3, 0.4) is 0 Å². The predicted octanol–water partition coefficient (Wildman–Crippen LogP) is 6.61. The van der Waals surface area contributed by atoms with Gasteiger partial charge in [-0.3, -0.25) is 19.4 Å². The van der Waals surface area contributed by atoms with E-state index in [0.717, 1.165) is 43.2 Å². The van der Waals surface area contributed by atoms with Crippen LogP contribution in [0.4, 0.5) is 17.1 Å². The van der Waals surface area contributed by atoms with Gasteiger partial charge in [0.2, 0.25) is 5.78 Å². The molecule has 1 aliphatic rings. The number of rotatable bonds is 18. The van der Waals surface area contributed by atoms with Crippen LogP contribution in [0.2, 0.25) is 0 Å². The van der Waals surface area contributed by atoms with Crippen LogP contribution in [0.1, 0.15) is 68.7 Å². The number of ketones is 2. The minimum atomic E-state index is -0.649. The van der Waals surface area contributed by atoms with E-state index in [2.05, 4.69) is 33.7 Å². The highest BCUT2D eigenvalue weighted by molar-refractivity contribution is 6.46. The molecular weight excluding hydrogens is 630 g/mol. The van der Waals surface area contributed by atoms with E-state index in [1.165, 1.54) is 0 Å². The van der Waals surface area contributed by atoms with E-state index in [-0.39, 0.29) is 23.8 Å². The molecule has 4 rings (SSSR count). The zero-order valence-electron chi connectivity index (χ0n) is 30.6. The maximum absolute atomic E-state index is 13.8. The Morgan fingerprint density at radius 1 is 0.740 bits per heavy atom. The van der Waals surface area contributed by atoms with E-state index >= 15 is 0 Å². The summed E-state index contributed by atoms with van der Waals surface area (Å²) in [6.07, 6.45) is 0.352. The smallest absolute Gasteiger partial charge is 0.348 e. The third-order valence-electron chi connectivity index (χ3n) is 9.47. The van der Waals surface area contributed by atoms with Crippen molar-refractivity contribution in [3.63, 3.8) is 0 Å². The average molecular weight is 684 g/mol. The number of carbonyl (C=O) groups is 3. The number of benzene rings is 3. The first kappa shape index (κ1) is 38.6. The number of ether oxygens (including phenoxy) is 1. The molecule has 0 bridgehead atoms. The van der Waals surface area contributed by atoms with Crippen molar-refractivity contribution in [3.05, 3.63) is 90.0 Å². The molecule has 0 aliphatic carbocycles. The summed E-state index contributed by atoms with van der Waals surface area (Å²) < 4.78 is 5.50. The largest absolute Gasteiger partial charge is 0.379 e. The van der Waals surface area contributed by atoms with Crippen LogP contribution in [0.15, 0.2) is 84.0 Å². The van der Waals surface area contributed by atoms with Gasteiger partial charge in [0.1, 0.15) is 5.71 Å². The summed E-state index contributed by atoms with van der Waals surface area (Å²) in [6.45, 7) is 18.6. The summed E-state index contributed by atoms with van der Waals surface area (Å²) in [6, 6.07) is 25.0. The number of nitrogens with zero attached hydrogens (tertiary/aromatic N) is 5. The van der Waals surface area contributed by atoms with Crippen molar-refractivity contribution in [3.8, 4) is 0 Å². The summed E-state index contributed by atoms with van der Waals surface area (Å²) in [5.74, 6) is -0.707. The van der Waals surface area contributed by atoms with E-state index in [1.807, 2.05) is 99.3 Å². The maximum Gasteiger partial charge on any atom is 0.348 e. The normalized spacial score (nSPS) is 14.2. The van der Waals surface area contributed by atoms with Crippen LogP contribution in [-0.2, 0) is 14.4 Å². The molecule has 1 saturated heterocycles. The average Bonchev–Trinajstić information content (AvgIpc) is 3.16. The standard InChI is InChI=1S/C40H53N5O5/c1-7-42(8-2)25-24-36(41-50-37(46)30-43(9-3)10-4)38(47)31-16-20-34(21-17-31)45(33-14-12-11-13-15-33)35-22-18-32(19-23-35)39(48)40(5,6)44-26-28-49-29-27-44/h11-23H,7-10,24-30H2,1-6H3/b41-36+. The van der Waals surface area contributed by atoms with Crippen LogP contribution in [0.5, 0.6) is 0 Å². The van der Waals surface area contributed by atoms with E-state index in [0.29, 0.717) is 50.4 Å². The van der Waals surface area contributed by atoms with Crippen LogP contribution in [0, 0.1) is 0 Å². The molecule has 0 amide bonds. The zero-order valence-corrected chi connectivity index (χ0v) is 30.6. The van der Waals surface area contributed by atoms with Crippen molar-refractivity contribution in [1.29, 1.82) is 0 Å². The second-order valence-electron chi connectivity index (χ2n) is 12.8. The van der Waals surface area contributed by atoms with Gasteiger partial charge in [0.05, 0.1) is 25.3 Å². The summed E-state index contributed by atoms with van der Waals surface area (Å²) >= 11 is 0. The molecule has 0 unspecified atom stereocenters. The molecule has 3 aromatic carbocycles. The van der Waals surface area contributed by atoms with Gasteiger partial charge in [0.25, 0.3) is 0 Å². The molecule has 1 fully saturated rings. The molecule has 0 radical (unpaired) electrons. The van der Waals surface area contributed by atoms with E-state index in [1.54, 1.807) is 12.1 Å². The van der Waals surface area contributed by atoms with Gasteiger partial charge in [-0.15, -0.1) is 0 Å². The molecule has 0 saturated carbocycles. The number of oxime groups is 1. The topological polar surface area (TPSA) is 95.0 Å². The second-order valence-corrected chi connectivity index (χ2v) is 12.8. The molecule has 50 heavy (non-hydrogen) atoms. The molecule has 1 aliphatic heterocycles. The minimum absolute atomic E-state index is 0.0669. The number of hydrogen-bond donors (Lipinski definition) is 0. The lowest BCUT2D eigenvalue weighted by atomic mass is 9.90. The van der Waals surface area contributed by atoms with Crippen molar-refractivity contribution >= 4 is 40.3 Å². The number of anilines is 3. The first-order valence-corrected chi connectivity index (χ1v) is 17.8. The van der Waals surface area contributed by atoms with Gasteiger partial charge < -0.3 is 19.4 Å². The van der Waals surface area contributed by atoms with Crippen molar-refractivity contribution in [2.24, 2.45) is 5.16 Å². The summed E-state index contributed by atoms with van der Waals surface area (Å²) in [5, 5.41) is 4.10. The predicted molar refractivity (Wildman–Crippen MR) is 200 cm³/mol. The number of likely N-dealkylation sites (N-methyl/N-ethyl adjacent to an activating group) is 1. The molecule has 1 heterocycles. The fraction of sp³-hybridized carbons (Fsp3) is 0.450. The number of hydrogen-bond acceptors (Lipinski definition) is 10. The Kier molecular flexibility index (Phi) is 14.4. The van der Waals surface area contributed by atoms with Crippen LogP contribution in [-0.4, -0.2) is 109 Å². The van der Waals surface area contributed by atoms with Crippen LogP contribution >= 0.6 is 0 Å². The first-order valence-electron chi connectivity index (χ1n) is 17.8. The molecule has 10 nitrogen and oxygen atoms in total. The summed E-state index contributed by atoms with van der Waals surface area (Å²) in [5.41, 5.74) is 3.30. The Labute approximate surface area is 297 Å². The number of para-hydroxylation sites is 1. The molecule has 268 valence electrons. The molecule has 0 N–H and O–H groups in total. The lowest BCUT2D eigenvalue weighted by molar-refractivity contribution is -0.144. The van der Waals surface area contributed by atoms with Gasteiger partial charge in [-0.2, -0.15) is 0 Å². The highest BCUT2D eigenvalue weighted by Crippen LogP contribution is 2.35. The van der Waals surface area contributed by atoms with Crippen LogP contribution < -0.4 is 4.90 Å². The molecule has 10 heteroatoms. The van der Waals surface area contributed by atoms with Gasteiger partial charge in [0.15, 0.2) is 5.78 Å². The lowest BCUT2D eigenvalue weighted by Crippen LogP contribution is -2.54. The number of carbonyl (C=O) groups excluding carboxylic acids is 3. The monoisotopic (exact) mass is 683 g/mol. The first-order chi connectivity index (χ1) is 24.1. The van der Waals surface area contributed by atoms with Gasteiger partial charge in [0, 0.05) is 54.2 Å². The quantitative estimate of drug-likeness (QED) is 0.0636. The maximum atomic E-state index is 13.8. The van der Waals surface area contributed by atoms with Gasteiger partial charge >= 0.3 is 5.97 Å². The number of Topliss-reactive ketones (excluding diaryl/α,β-unsaturated/α-hetero) is 2. The molecule has 0 spiro atoms. The summed E-state index contributed by atoms with van der Waals surface area (Å²) in [7, 11) is 0. The van der Waals surface area contributed by atoms with Crippen molar-refractivity contribution in [1.82, 2.24) is 14.7 Å². The minimum Gasteiger partial charge on any atom is -0.379 e. The van der Waals surface area contributed by atoms with Gasteiger partial charge in [-0.1, -0.05) is 51.0 Å².